The van der Waals surface area contributed by atoms with Crippen molar-refractivity contribution in [1.29, 1.82) is 0 Å². The molecular formula is C56H60O12. The minimum atomic E-state index is -1.45. The summed E-state index contributed by atoms with van der Waals surface area (Å²) in [6.45, 7) is 2.54. The van der Waals surface area contributed by atoms with Crippen LogP contribution >= 0.6 is 0 Å². The van der Waals surface area contributed by atoms with Gasteiger partial charge in [0.05, 0.1) is 52.9 Å². The molecule has 6 aromatic carbocycles. The fourth-order valence-electron chi connectivity index (χ4n) is 8.34. The quantitative estimate of drug-likeness (QED) is 0.0619. The predicted octanol–water partition coefficient (Wildman–Crippen LogP) is 8.52. The van der Waals surface area contributed by atoms with E-state index in [9.17, 15) is 9.90 Å². The van der Waals surface area contributed by atoms with Crippen LogP contribution in [0.1, 0.15) is 40.3 Å². The van der Waals surface area contributed by atoms with E-state index in [-0.39, 0.29) is 46.2 Å². The third-order valence-corrected chi connectivity index (χ3v) is 11.7. The molecule has 12 nitrogen and oxygen atoms in total. The Hall–Kier alpha value is -5.61. The van der Waals surface area contributed by atoms with Crippen molar-refractivity contribution in [3.05, 3.63) is 215 Å². The number of aliphatic hydroxyl groups excluding tert-OH is 1. The summed E-state index contributed by atoms with van der Waals surface area (Å²) in [4.78, 5) is 13.1. The van der Waals surface area contributed by atoms with E-state index in [0.29, 0.717) is 6.61 Å². The third kappa shape index (κ3) is 14.2. The highest BCUT2D eigenvalue weighted by molar-refractivity contribution is 5.66. The highest BCUT2D eigenvalue weighted by atomic mass is 16.7. The Kier molecular flexibility index (Phi) is 18.4. The molecule has 2 heterocycles. The van der Waals surface area contributed by atoms with Crippen LogP contribution in [0.2, 0.25) is 0 Å². The van der Waals surface area contributed by atoms with Gasteiger partial charge in [-0.1, -0.05) is 182 Å². The second-order valence-electron chi connectivity index (χ2n) is 16.8. The molecule has 12 heteroatoms. The van der Waals surface area contributed by atoms with Gasteiger partial charge in [0.25, 0.3) is 0 Å². The second kappa shape index (κ2) is 25.7. The number of ether oxygens (including phenoxy) is 10. The summed E-state index contributed by atoms with van der Waals surface area (Å²) >= 11 is 0. The van der Waals surface area contributed by atoms with E-state index >= 15 is 0 Å². The molecule has 0 amide bonds. The van der Waals surface area contributed by atoms with Crippen molar-refractivity contribution >= 4 is 5.97 Å². The molecule has 1 N–H and O–H groups in total. The van der Waals surface area contributed by atoms with Gasteiger partial charge in [0.2, 0.25) is 0 Å². The molecule has 68 heavy (non-hydrogen) atoms. The number of rotatable bonds is 23. The molecule has 8 rings (SSSR count). The van der Waals surface area contributed by atoms with Crippen molar-refractivity contribution in [3.8, 4) is 0 Å². The fraction of sp³-hybridized carbons (Fsp3) is 0.339. The summed E-state index contributed by atoms with van der Waals surface area (Å²) in [7, 11) is 0. The highest BCUT2D eigenvalue weighted by Crippen LogP contribution is 2.34. The molecule has 2 aliphatic rings. The first kappa shape index (κ1) is 48.8. The van der Waals surface area contributed by atoms with Gasteiger partial charge in [-0.25, -0.2) is 0 Å². The van der Waals surface area contributed by atoms with Crippen molar-refractivity contribution in [1.82, 2.24) is 0 Å². The lowest BCUT2D eigenvalue weighted by Gasteiger charge is -2.47. The lowest BCUT2D eigenvalue weighted by molar-refractivity contribution is -0.345. The Balaban J connectivity index is 1.09. The number of benzene rings is 6. The maximum Gasteiger partial charge on any atom is 0.303 e. The number of carbonyl (C=O) groups excluding carboxylic acids is 1. The van der Waals surface area contributed by atoms with Crippen molar-refractivity contribution < 1.29 is 57.3 Å². The van der Waals surface area contributed by atoms with Gasteiger partial charge in [-0.3, -0.25) is 4.79 Å². The zero-order valence-corrected chi connectivity index (χ0v) is 38.2. The van der Waals surface area contributed by atoms with Crippen LogP contribution in [0.4, 0.5) is 0 Å². The Morgan fingerprint density at radius 2 is 0.721 bits per heavy atom. The molecule has 2 fully saturated rings. The van der Waals surface area contributed by atoms with Crippen LogP contribution in [-0.2, 0) is 91.8 Å². The van der Waals surface area contributed by atoms with E-state index in [2.05, 4.69) is 0 Å². The molecule has 0 aromatic heterocycles. The van der Waals surface area contributed by atoms with E-state index in [4.69, 9.17) is 47.4 Å². The lowest BCUT2D eigenvalue weighted by Crippen LogP contribution is -2.64. The second-order valence-corrected chi connectivity index (χ2v) is 16.8. The topological polar surface area (TPSA) is 130 Å². The van der Waals surface area contributed by atoms with Crippen molar-refractivity contribution in [2.75, 3.05) is 13.2 Å². The molecule has 0 aliphatic carbocycles. The largest absolute Gasteiger partial charge is 0.454 e. The van der Waals surface area contributed by atoms with Crippen LogP contribution in [0.5, 0.6) is 0 Å². The lowest BCUT2D eigenvalue weighted by atomic mass is 9.97. The standard InChI is InChI=1S/C56H60O12/c1-40(57)66-54-52(63-36-45-28-16-6-17-29-45)49(60-33-42-22-10-3-11-23-42)47(38-59-32-41-20-8-2-9-21-41)68-56(54)65-39-48-50(61-34-43-24-12-4-13-25-43)51(62-35-44-26-14-5-15-27-44)53(55(58)67-48)64-37-46-30-18-7-19-31-46/h2-31,47-56,58H,32-39H2,1H3/t47-,48-,49-,50-,51+,52+,53-,54+,55+,56+/m1/s1. The van der Waals surface area contributed by atoms with Crippen LogP contribution < -0.4 is 0 Å². The summed E-state index contributed by atoms with van der Waals surface area (Å²) in [5.41, 5.74) is 5.59. The molecule has 0 bridgehead atoms. The smallest absolute Gasteiger partial charge is 0.303 e. The molecule has 10 atom stereocenters. The van der Waals surface area contributed by atoms with E-state index in [1.54, 1.807) is 0 Å². The minimum absolute atomic E-state index is 0.0868. The minimum Gasteiger partial charge on any atom is -0.454 e. The first-order valence-electron chi connectivity index (χ1n) is 23.1. The van der Waals surface area contributed by atoms with Crippen molar-refractivity contribution in [3.63, 3.8) is 0 Å². The fourth-order valence-corrected chi connectivity index (χ4v) is 8.34. The van der Waals surface area contributed by atoms with E-state index in [1.165, 1.54) is 6.92 Å². The van der Waals surface area contributed by atoms with Gasteiger partial charge >= 0.3 is 5.97 Å². The highest BCUT2D eigenvalue weighted by Gasteiger charge is 2.52. The van der Waals surface area contributed by atoms with Gasteiger partial charge < -0.3 is 52.5 Å². The molecular weight excluding hydrogens is 865 g/mol. The SMILES string of the molecule is CC(=O)O[C@@H]1[C@@H](OC[C@H]2O[C@H](O)[C@H](OCc3ccccc3)[C@@H](OCc3ccccc3)[C@@H]2OCc2ccccc2)O[C@H](COCc2ccccc2)[C@@H](OCc2ccccc2)[C@@H]1OCc1ccccc1. The van der Waals surface area contributed by atoms with Gasteiger partial charge in [-0.2, -0.15) is 0 Å². The molecule has 2 aliphatic heterocycles. The summed E-state index contributed by atoms with van der Waals surface area (Å²) < 4.78 is 65.7. The summed E-state index contributed by atoms with van der Waals surface area (Å²) in [5.74, 6) is -0.567. The summed E-state index contributed by atoms with van der Waals surface area (Å²) in [6.07, 6.45) is -9.79. The number of aliphatic hydroxyl groups is 1. The summed E-state index contributed by atoms with van der Waals surface area (Å²) in [6, 6.07) is 58.6. The van der Waals surface area contributed by atoms with Gasteiger partial charge in [0.15, 0.2) is 18.7 Å². The molecule has 6 aromatic rings. The van der Waals surface area contributed by atoms with Gasteiger partial charge in [0.1, 0.15) is 42.7 Å². The maximum absolute atomic E-state index is 13.1. The first-order valence-corrected chi connectivity index (χ1v) is 23.1. The Labute approximate surface area is 398 Å². The number of esters is 1. The normalized spacial score (nSPS) is 24.9. The van der Waals surface area contributed by atoms with Crippen LogP contribution in [-0.4, -0.2) is 85.7 Å². The van der Waals surface area contributed by atoms with E-state index in [0.717, 1.165) is 33.4 Å². The third-order valence-electron chi connectivity index (χ3n) is 11.7. The zero-order valence-electron chi connectivity index (χ0n) is 38.2. The van der Waals surface area contributed by atoms with Gasteiger partial charge in [0, 0.05) is 6.92 Å². The van der Waals surface area contributed by atoms with Crippen LogP contribution in [0.3, 0.4) is 0 Å². The van der Waals surface area contributed by atoms with Gasteiger partial charge in [-0.15, -0.1) is 0 Å². The van der Waals surface area contributed by atoms with E-state index < -0.39 is 67.4 Å². The van der Waals surface area contributed by atoms with Crippen LogP contribution in [0.25, 0.3) is 0 Å². The summed E-state index contributed by atoms with van der Waals surface area (Å²) in [5, 5.41) is 11.8. The predicted molar refractivity (Wildman–Crippen MR) is 252 cm³/mol. The molecule has 0 radical (unpaired) electrons. The molecule has 2 saturated heterocycles. The maximum atomic E-state index is 13.1. The monoisotopic (exact) mass is 924 g/mol. The Bertz CT molecular complexity index is 2330. The van der Waals surface area contributed by atoms with E-state index in [1.807, 2.05) is 182 Å². The molecule has 0 unspecified atom stereocenters. The van der Waals surface area contributed by atoms with Crippen molar-refractivity contribution in [2.24, 2.45) is 0 Å². The van der Waals surface area contributed by atoms with Crippen molar-refractivity contribution in [2.45, 2.75) is 108 Å². The number of carbonyl (C=O) groups is 1. The molecule has 0 spiro atoms. The number of hydrogen-bond acceptors (Lipinski definition) is 12. The average molecular weight is 925 g/mol. The molecule has 0 saturated carbocycles. The Morgan fingerprint density at radius 3 is 1.10 bits per heavy atom. The average Bonchev–Trinajstić information content (AvgIpc) is 3.38. The molecule has 356 valence electrons. The number of hydrogen-bond donors (Lipinski definition) is 1. The van der Waals surface area contributed by atoms with Gasteiger partial charge in [-0.05, 0) is 33.4 Å². The van der Waals surface area contributed by atoms with Crippen LogP contribution in [0.15, 0.2) is 182 Å². The first-order chi connectivity index (χ1) is 33.5. The zero-order chi connectivity index (χ0) is 46.8. The Morgan fingerprint density at radius 1 is 0.397 bits per heavy atom. The van der Waals surface area contributed by atoms with Crippen LogP contribution in [0, 0.1) is 0 Å².